The predicted molar refractivity (Wildman–Crippen MR) is 150 cm³/mol. The van der Waals surface area contributed by atoms with Gasteiger partial charge in [-0.15, -0.1) is 0 Å². The first kappa shape index (κ1) is 27.9. The van der Waals surface area contributed by atoms with Gasteiger partial charge in [-0.05, 0) is 51.6 Å². The van der Waals surface area contributed by atoms with Crippen LogP contribution in [0.4, 0.5) is 23.1 Å². The average molecular weight is 561 g/mol. The molecule has 0 amide bonds. The van der Waals surface area contributed by atoms with Crippen LogP contribution in [-0.4, -0.2) is 74.0 Å². The smallest absolute Gasteiger partial charge is 0.244 e. The van der Waals surface area contributed by atoms with Gasteiger partial charge in [0.2, 0.25) is 16.0 Å². The van der Waals surface area contributed by atoms with Crippen LogP contribution in [0.25, 0.3) is 0 Å². The Morgan fingerprint density at radius 2 is 1.89 bits per heavy atom. The Labute approximate surface area is 229 Å². The minimum absolute atomic E-state index is 0.0677. The summed E-state index contributed by atoms with van der Waals surface area (Å²) in [6.45, 7) is 5.79. The SMILES string of the molecule is CC(C)Oc1cc(OC2CCN(C)C2)ccc1Nc1ncc(Cl)c(Nc2ccccc2S(=O)(=O)N(C)C)n1. The standard InChI is InChI=1S/C26H33ClN6O4S/c1-17(2)36-23-14-18(37-19-12-13-33(5)16-19)10-11-21(23)30-26-28-15-20(27)25(31-26)29-22-8-6-7-9-24(22)38(34,35)32(3)4/h6-11,14-15,17,19H,12-13,16H2,1-5H3,(H2,28,29,30,31). The van der Waals surface area contributed by atoms with Gasteiger partial charge in [-0.3, -0.25) is 0 Å². The summed E-state index contributed by atoms with van der Waals surface area (Å²) in [5.74, 6) is 1.83. The number of nitrogens with zero attached hydrogens (tertiary/aromatic N) is 4. The van der Waals surface area contributed by atoms with E-state index in [4.69, 9.17) is 21.1 Å². The summed E-state index contributed by atoms with van der Waals surface area (Å²) in [5, 5.41) is 6.46. The van der Waals surface area contributed by atoms with E-state index in [1.807, 2.05) is 32.0 Å². The van der Waals surface area contributed by atoms with Crippen molar-refractivity contribution in [2.45, 2.75) is 37.4 Å². The number of hydrogen-bond donors (Lipinski definition) is 2. The molecule has 0 radical (unpaired) electrons. The number of likely N-dealkylation sites (N-methyl/N-ethyl adjacent to an activating group) is 1. The highest BCUT2D eigenvalue weighted by Gasteiger charge is 2.23. The van der Waals surface area contributed by atoms with E-state index < -0.39 is 10.0 Å². The summed E-state index contributed by atoms with van der Waals surface area (Å²) in [6, 6.07) is 12.2. The Bertz CT molecular complexity index is 1390. The Balaban J connectivity index is 1.59. The van der Waals surface area contributed by atoms with E-state index in [-0.39, 0.29) is 33.9 Å². The molecule has 1 atom stereocenters. The van der Waals surface area contributed by atoms with Gasteiger partial charge in [0.15, 0.2) is 5.82 Å². The number of benzene rings is 2. The summed E-state index contributed by atoms with van der Waals surface area (Å²) in [4.78, 5) is 11.1. The largest absolute Gasteiger partial charge is 0.489 e. The molecule has 12 heteroatoms. The summed E-state index contributed by atoms with van der Waals surface area (Å²) in [7, 11) is 1.34. The maximum Gasteiger partial charge on any atom is 0.244 e. The predicted octanol–water partition coefficient (Wildman–Crippen LogP) is 4.74. The molecule has 0 bridgehead atoms. The first-order valence-electron chi connectivity index (χ1n) is 12.3. The average Bonchev–Trinajstić information content (AvgIpc) is 3.27. The third-order valence-corrected chi connectivity index (χ3v) is 8.01. The molecule has 1 unspecified atom stereocenters. The van der Waals surface area contributed by atoms with Crippen LogP contribution in [0.1, 0.15) is 20.3 Å². The van der Waals surface area contributed by atoms with Crippen LogP contribution in [0.15, 0.2) is 53.6 Å². The second-order valence-corrected chi connectivity index (χ2v) is 12.1. The van der Waals surface area contributed by atoms with Crippen LogP contribution in [0, 0.1) is 0 Å². The maximum absolute atomic E-state index is 12.8. The van der Waals surface area contributed by atoms with Gasteiger partial charge in [0.25, 0.3) is 0 Å². The Hall–Kier alpha value is -3.12. The van der Waals surface area contributed by atoms with Gasteiger partial charge in [0.05, 0.1) is 23.7 Å². The number of sulfonamides is 1. The van der Waals surface area contributed by atoms with E-state index in [0.29, 0.717) is 17.1 Å². The van der Waals surface area contributed by atoms with Crippen LogP contribution < -0.4 is 20.1 Å². The molecule has 2 heterocycles. The summed E-state index contributed by atoms with van der Waals surface area (Å²) in [6.07, 6.45) is 2.49. The second kappa shape index (κ2) is 11.7. The minimum Gasteiger partial charge on any atom is -0.489 e. The summed E-state index contributed by atoms with van der Waals surface area (Å²) < 4.78 is 39.0. The first-order chi connectivity index (χ1) is 18.0. The van der Waals surface area contributed by atoms with Crippen LogP contribution in [0.3, 0.4) is 0 Å². The Morgan fingerprint density at radius 1 is 1.13 bits per heavy atom. The molecule has 2 aromatic carbocycles. The Morgan fingerprint density at radius 3 is 2.58 bits per heavy atom. The van der Waals surface area contributed by atoms with Crippen molar-refractivity contribution in [3.05, 3.63) is 53.7 Å². The van der Waals surface area contributed by atoms with Crippen LogP contribution >= 0.6 is 11.6 Å². The molecular formula is C26H33ClN6O4S. The molecule has 0 aliphatic carbocycles. The molecular weight excluding hydrogens is 528 g/mol. The monoisotopic (exact) mass is 560 g/mol. The van der Waals surface area contributed by atoms with Crippen LogP contribution in [0.5, 0.6) is 11.5 Å². The van der Waals surface area contributed by atoms with E-state index in [2.05, 4.69) is 32.5 Å². The van der Waals surface area contributed by atoms with E-state index in [0.717, 1.165) is 29.6 Å². The fourth-order valence-corrected chi connectivity index (χ4v) is 5.15. The number of likely N-dealkylation sites (tertiary alicyclic amines) is 1. The van der Waals surface area contributed by atoms with Gasteiger partial charge in [0.1, 0.15) is 27.5 Å². The zero-order valence-electron chi connectivity index (χ0n) is 22.1. The molecule has 10 nitrogen and oxygen atoms in total. The first-order valence-corrected chi connectivity index (χ1v) is 14.1. The molecule has 3 aromatic rings. The topological polar surface area (TPSA) is 109 Å². The van der Waals surface area contributed by atoms with Crippen molar-refractivity contribution in [1.29, 1.82) is 0 Å². The number of anilines is 4. The maximum atomic E-state index is 12.8. The fraction of sp³-hybridized carbons (Fsp3) is 0.385. The lowest BCUT2D eigenvalue weighted by atomic mass is 10.2. The van der Waals surface area contributed by atoms with Gasteiger partial charge in [-0.25, -0.2) is 17.7 Å². The van der Waals surface area contributed by atoms with Crippen LogP contribution in [0.2, 0.25) is 5.02 Å². The van der Waals surface area contributed by atoms with E-state index in [9.17, 15) is 8.42 Å². The third-order valence-electron chi connectivity index (χ3n) is 5.86. The van der Waals surface area contributed by atoms with Crippen molar-refractivity contribution in [2.75, 3.05) is 44.9 Å². The lowest BCUT2D eigenvalue weighted by Crippen LogP contribution is -2.23. The molecule has 2 N–H and O–H groups in total. The molecule has 0 saturated carbocycles. The molecule has 1 fully saturated rings. The molecule has 1 aromatic heterocycles. The number of ether oxygens (including phenoxy) is 2. The zero-order chi connectivity index (χ0) is 27.4. The lowest BCUT2D eigenvalue weighted by molar-refractivity contribution is 0.204. The molecule has 204 valence electrons. The number of halogens is 1. The van der Waals surface area contributed by atoms with Crippen molar-refractivity contribution >= 4 is 44.8 Å². The number of hydrogen-bond acceptors (Lipinski definition) is 9. The minimum atomic E-state index is -3.69. The number of nitrogens with one attached hydrogen (secondary N) is 2. The highest BCUT2D eigenvalue weighted by atomic mass is 35.5. The molecule has 1 aliphatic heterocycles. The highest BCUT2D eigenvalue weighted by molar-refractivity contribution is 7.89. The van der Waals surface area contributed by atoms with Gasteiger partial charge in [-0.2, -0.15) is 4.98 Å². The van der Waals surface area contributed by atoms with E-state index >= 15 is 0 Å². The van der Waals surface area contributed by atoms with Gasteiger partial charge in [0, 0.05) is 33.3 Å². The molecule has 1 aliphatic rings. The van der Waals surface area contributed by atoms with Gasteiger partial charge < -0.3 is 25.0 Å². The normalized spacial score (nSPS) is 16.2. The fourth-order valence-electron chi connectivity index (χ4n) is 3.97. The van der Waals surface area contributed by atoms with Gasteiger partial charge in [-0.1, -0.05) is 23.7 Å². The van der Waals surface area contributed by atoms with Crippen molar-refractivity contribution in [1.82, 2.24) is 19.2 Å². The number of para-hydroxylation sites is 1. The van der Waals surface area contributed by atoms with Crippen molar-refractivity contribution in [3.8, 4) is 11.5 Å². The van der Waals surface area contributed by atoms with Crippen molar-refractivity contribution < 1.29 is 17.9 Å². The zero-order valence-corrected chi connectivity index (χ0v) is 23.7. The quantitative estimate of drug-likeness (QED) is 0.363. The van der Waals surface area contributed by atoms with E-state index in [1.165, 1.54) is 26.4 Å². The molecule has 4 rings (SSSR count). The molecule has 1 saturated heterocycles. The van der Waals surface area contributed by atoms with Crippen LogP contribution in [-0.2, 0) is 10.0 Å². The number of rotatable bonds is 10. The highest BCUT2D eigenvalue weighted by Crippen LogP contribution is 2.34. The Kier molecular flexibility index (Phi) is 8.61. The summed E-state index contributed by atoms with van der Waals surface area (Å²) in [5.41, 5.74) is 0.995. The second-order valence-electron chi connectivity index (χ2n) is 9.54. The molecule has 38 heavy (non-hydrogen) atoms. The van der Waals surface area contributed by atoms with Crippen molar-refractivity contribution in [2.24, 2.45) is 0 Å². The van der Waals surface area contributed by atoms with Gasteiger partial charge >= 0.3 is 0 Å². The lowest BCUT2D eigenvalue weighted by Gasteiger charge is -2.19. The summed E-state index contributed by atoms with van der Waals surface area (Å²) >= 11 is 6.37. The van der Waals surface area contributed by atoms with E-state index in [1.54, 1.807) is 18.2 Å². The number of aromatic nitrogens is 2. The third kappa shape index (κ3) is 6.65. The molecule has 0 spiro atoms. The van der Waals surface area contributed by atoms with Crippen molar-refractivity contribution in [3.63, 3.8) is 0 Å².